The zero-order valence-corrected chi connectivity index (χ0v) is 24.3. The number of rotatable bonds is 7. The molecule has 0 amide bonds. The second-order valence-electron chi connectivity index (χ2n) is 11.6. The van der Waals surface area contributed by atoms with Gasteiger partial charge < -0.3 is 4.90 Å². The molecule has 2 atom stereocenters. The molecular formula is C29H34ClN5OS2. The largest absolute Gasteiger partial charge is 0.355 e. The van der Waals surface area contributed by atoms with Gasteiger partial charge in [-0.2, -0.15) is 0 Å². The summed E-state index contributed by atoms with van der Waals surface area (Å²) in [5.74, 6) is 1.78. The summed E-state index contributed by atoms with van der Waals surface area (Å²) in [4.78, 5) is 17.3. The Bertz CT molecular complexity index is 1350. The van der Waals surface area contributed by atoms with Crippen LogP contribution in [0.15, 0.2) is 58.8 Å². The van der Waals surface area contributed by atoms with Crippen LogP contribution in [0.4, 0.5) is 5.82 Å². The number of nitrogens with two attached hydrogens (primary N) is 1. The Labute approximate surface area is 236 Å². The third-order valence-electron chi connectivity index (χ3n) is 8.71. The predicted molar refractivity (Wildman–Crippen MR) is 155 cm³/mol. The molecule has 2 fully saturated rings. The SMILES string of the molecule is CC(C)(C[C@@H]1c2ccccc2CC12CCN(c1cnc(Sc3ccnc(C4CC4)c3Cl)cn1)CC2)S(N)=O. The van der Waals surface area contributed by atoms with Crippen molar-refractivity contribution in [2.75, 3.05) is 18.0 Å². The summed E-state index contributed by atoms with van der Waals surface area (Å²) in [7, 11) is -1.37. The number of fused-ring (bicyclic) bond motifs is 1. The number of anilines is 1. The van der Waals surface area contributed by atoms with E-state index < -0.39 is 15.7 Å². The van der Waals surface area contributed by atoms with Crippen molar-refractivity contribution in [3.63, 3.8) is 0 Å². The summed E-state index contributed by atoms with van der Waals surface area (Å²) in [5.41, 5.74) is 4.03. The Hall–Kier alpha value is -2.00. The van der Waals surface area contributed by atoms with Crippen LogP contribution in [0.2, 0.25) is 5.02 Å². The van der Waals surface area contributed by atoms with Crippen molar-refractivity contribution in [2.45, 2.75) is 78.9 Å². The van der Waals surface area contributed by atoms with E-state index in [0.29, 0.717) is 11.8 Å². The van der Waals surface area contributed by atoms with Crippen LogP contribution >= 0.6 is 23.4 Å². The lowest BCUT2D eigenvalue weighted by Crippen LogP contribution is -2.45. The summed E-state index contributed by atoms with van der Waals surface area (Å²) in [6.07, 6.45) is 12.0. The lowest BCUT2D eigenvalue weighted by Gasteiger charge is -2.45. The zero-order valence-electron chi connectivity index (χ0n) is 21.9. The molecule has 2 N–H and O–H groups in total. The lowest BCUT2D eigenvalue weighted by molar-refractivity contribution is 0.170. The minimum Gasteiger partial charge on any atom is -0.355 e. The van der Waals surface area contributed by atoms with E-state index in [-0.39, 0.29) is 5.41 Å². The van der Waals surface area contributed by atoms with Gasteiger partial charge in [-0.15, -0.1) is 0 Å². The van der Waals surface area contributed by atoms with Crippen LogP contribution in [0.3, 0.4) is 0 Å². The number of pyridine rings is 1. The maximum absolute atomic E-state index is 12.3. The minimum atomic E-state index is -1.37. The molecule has 38 heavy (non-hydrogen) atoms. The Morgan fingerprint density at radius 3 is 2.58 bits per heavy atom. The average Bonchev–Trinajstić information content (AvgIpc) is 3.71. The maximum Gasteiger partial charge on any atom is 0.147 e. The predicted octanol–water partition coefficient (Wildman–Crippen LogP) is 6.27. The van der Waals surface area contributed by atoms with Crippen LogP contribution in [-0.4, -0.2) is 37.0 Å². The fourth-order valence-corrected chi connectivity index (χ4v) is 7.75. The van der Waals surface area contributed by atoms with E-state index >= 15 is 0 Å². The monoisotopic (exact) mass is 567 g/mol. The van der Waals surface area contributed by atoms with E-state index in [4.69, 9.17) is 26.7 Å². The summed E-state index contributed by atoms with van der Waals surface area (Å²) < 4.78 is 11.9. The highest BCUT2D eigenvalue weighted by atomic mass is 35.5. The molecule has 200 valence electrons. The molecule has 1 aliphatic heterocycles. The van der Waals surface area contributed by atoms with Crippen molar-refractivity contribution in [3.05, 3.63) is 70.8 Å². The Kier molecular flexibility index (Phi) is 7.04. The molecule has 9 heteroatoms. The third-order valence-corrected chi connectivity index (χ3v) is 11.5. The van der Waals surface area contributed by atoms with Crippen molar-refractivity contribution in [1.29, 1.82) is 0 Å². The molecule has 2 aromatic heterocycles. The standard InChI is InChI=1S/C29H34ClN5OS2/c1-28(2,38(31)36)16-22-21-6-4-3-5-20(21)15-29(22)10-13-35(14-11-29)24-17-34-25(18-33-24)37-23-9-12-32-27(26(23)30)19-7-8-19/h3-6,9,12,17-19,22H,7-8,10-11,13-16,31H2,1-2H3/t22-,38?/m1/s1. The van der Waals surface area contributed by atoms with Gasteiger partial charge >= 0.3 is 0 Å². The topological polar surface area (TPSA) is 85.0 Å². The Balaban J connectivity index is 1.15. The average molecular weight is 568 g/mol. The molecule has 1 saturated carbocycles. The lowest BCUT2D eigenvalue weighted by atomic mass is 9.67. The number of hydrogen-bond acceptors (Lipinski definition) is 6. The van der Waals surface area contributed by atoms with Gasteiger partial charge in [0.15, 0.2) is 0 Å². The molecule has 1 aromatic carbocycles. The van der Waals surface area contributed by atoms with Crippen molar-refractivity contribution in [2.24, 2.45) is 10.6 Å². The van der Waals surface area contributed by atoms with E-state index in [1.165, 1.54) is 24.0 Å². The number of halogens is 1. The first-order chi connectivity index (χ1) is 18.3. The molecule has 6 nitrogen and oxygen atoms in total. The molecule has 1 unspecified atom stereocenters. The van der Waals surface area contributed by atoms with Gasteiger partial charge in [-0.05, 0) is 80.9 Å². The minimum absolute atomic E-state index is 0.164. The van der Waals surface area contributed by atoms with Crippen LogP contribution in [0.25, 0.3) is 0 Å². The van der Waals surface area contributed by atoms with Crippen LogP contribution in [-0.2, 0) is 17.4 Å². The molecule has 6 rings (SSSR count). The van der Waals surface area contributed by atoms with Gasteiger partial charge in [0.1, 0.15) is 10.8 Å². The number of nitrogens with zero attached hydrogens (tertiary/aromatic N) is 4. The molecule has 3 heterocycles. The summed E-state index contributed by atoms with van der Waals surface area (Å²) >= 11 is 8.19. The summed E-state index contributed by atoms with van der Waals surface area (Å²) in [5, 5.41) is 7.50. The first-order valence-corrected chi connectivity index (χ1v) is 15.8. The Morgan fingerprint density at radius 2 is 1.89 bits per heavy atom. The zero-order chi connectivity index (χ0) is 26.5. The molecule has 1 spiro atoms. The fraction of sp³-hybridized carbons (Fsp3) is 0.483. The van der Waals surface area contributed by atoms with Crippen molar-refractivity contribution in [1.82, 2.24) is 15.0 Å². The van der Waals surface area contributed by atoms with Gasteiger partial charge in [-0.3, -0.25) is 10.1 Å². The Morgan fingerprint density at radius 1 is 1.13 bits per heavy atom. The highest BCUT2D eigenvalue weighted by Gasteiger charge is 2.49. The normalized spacial score (nSPS) is 21.5. The van der Waals surface area contributed by atoms with Crippen molar-refractivity contribution < 1.29 is 4.21 Å². The molecule has 3 aliphatic rings. The van der Waals surface area contributed by atoms with E-state index in [0.717, 1.165) is 65.2 Å². The highest BCUT2D eigenvalue weighted by Crippen LogP contribution is 2.56. The van der Waals surface area contributed by atoms with E-state index in [2.05, 4.69) is 34.1 Å². The molecule has 0 bridgehead atoms. The quantitative estimate of drug-likeness (QED) is 0.362. The second-order valence-corrected chi connectivity index (χ2v) is 14.8. The van der Waals surface area contributed by atoms with E-state index in [1.807, 2.05) is 38.5 Å². The van der Waals surface area contributed by atoms with Gasteiger partial charge in [-0.1, -0.05) is 47.6 Å². The van der Waals surface area contributed by atoms with Gasteiger partial charge in [0.05, 0.1) is 38.8 Å². The van der Waals surface area contributed by atoms with E-state index in [9.17, 15) is 4.21 Å². The fourth-order valence-electron chi connectivity index (χ4n) is 6.27. The van der Waals surface area contributed by atoms with Crippen LogP contribution in [0.1, 0.15) is 74.6 Å². The van der Waals surface area contributed by atoms with Crippen LogP contribution < -0.4 is 10.0 Å². The number of piperidine rings is 1. The van der Waals surface area contributed by atoms with E-state index in [1.54, 1.807) is 11.8 Å². The highest BCUT2D eigenvalue weighted by molar-refractivity contribution is 7.99. The van der Waals surface area contributed by atoms with Gasteiger partial charge in [0.2, 0.25) is 0 Å². The maximum atomic E-state index is 12.3. The molecular weight excluding hydrogens is 534 g/mol. The van der Waals surface area contributed by atoms with Crippen molar-refractivity contribution in [3.8, 4) is 0 Å². The molecule has 2 aliphatic carbocycles. The van der Waals surface area contributed by atoms with Crippen LogP contribution in [0.5, 0.6) is 0 Å². The molecule has 1 saturated heterocycles. The third kappa shape index (κ3) is 5.01. The van der Waals surface area contributed by atoms with Gasteiger partial charge in [0, 0.05) is 30.1 Å². The van der Waals surface area contributed by atoms with Gasteiger partial charge in [0.25, 0.3) is 0 Å². The first kappa shape index (κ1) is 26.2. The second kappa shape index (κ2) is 10.2. The molecule has 0 radical (unpaired) electrons. The number of hydrogen-bond donors (Lipinski definition) is 1. The summed E-state index contributed by atoms with van der Waals surface area (Å²) in [6.45, 7) is 5.93. The first-order valence-electron chi connectivity index (χ1n) is 13.4. The smallest absolute Gasteiger partial charge is 0.147 e. The molecule has 3 aromatic rings. The van der Waals surface area contributed by atoms with Gasteiger partial charge in [-0.25, -0.2) is 14.2 Å². The van der Waals surface area contributed by atoms with Crippen molar-refractivity contribution >= 4 is 40.2 Å². The van der Waals surface area contributed by atoms with Crippen LogP contribution in [0, 0.1) is 5.41 Å². The summed E-state index contributed by atoms with van der Waals surface area (Å²) in [6, 6.07) is 10.8. The number of benzene rings is 1. The number of aromatic nitrogens is 3.